The molecular weight excluding hydrogens is 397 g/mol. The van der Waals surface area contributed by atoms with Gasteiger partial charge in [0, 0.05) is 12.6 Å². The zero-order chi connectivity index (χ0) is 19.1. The number of nitrogens with two attached hydrogens (primary N) is 1. The van der Waals surface area contributed by atoms with Crippen LogP contribution in [0.4, 0.5) is 0 Å². The first-order valence-corrected chi connectivity index (χ1v) is 8.82. The van der Waals surface area contributed by atoms with E-state index in [2.05, 4.69) is 10.2 Å². The molecule has 0 radical (unpaired) electrons. The summed E-state index contributed by atoms with van der Waals surface area (Å²) in [6.07, 6.45) is 0. The fraction of sp³-hybridized carbons (Fsp3) is 0.381. The van der Waals surface area contributed by atoms with Crippen molar-refractivity contribution in [2.24, 2.45) is 11.7 Å². The molecule has 0 aliphatic heterocycles. The summed E-state index contributed by atoms with van der Waals surface area (Å²) in [6, 6.07) is 17.3. The number of nitrogens with zero attached hydrogens (tertiary/aromatic N) is 1. The van der Waals surface area contributed by atoms with Crippen LogP contribution in [-0.4, -0.2) is 38.6 Å². The highest BCUT2D eigenvalue weighted by Gasteiger charge is 2.23. The first kappa shape index (κ1) is 26.2. The van der Waals surface area contributed by atoms with E-state index in [1.165, 1.54) is 0 Å². The van der Waals surface area contributed by atoms with E-state index in [1.807, 2.05) is 75.6 Å². The maximum atomic E-state index is 12.6. The minimum atomic E-state index is -0.328. The first-order chi connectivity index (χ1) is 12.4. The van der Waals surface area contributed by atoms with Crippen LogP contribution >= 0.6 is 24.8 Å². The summed E-state index contributed by atoms with van der Waals surface area (Å²) in [5, 5.41) is 3.05. The first-order valence-electron chi connectivity index (χ1n) is 8.82. The van der Waals surface area contributed by atoms with Crippen molar-refractivity contribution < 1.29 is 9.53 Å². The number of carbonyl (C=O) groups is 1. The van der Waals surface area contributed by atoms with Gasteiger partial charge in [-0.05, 0) is 37.4 Å². The quantitative estimate of drug-likeness (QED) is 0.675. The van der Waals surface area contributed by atoms with Gasteiger partial charge in [0.2, 0.25) is 5.91 Å². The monoisotopic (exact) mass is 427 g/mol. The van der Waals surface area contributed by atoms with Gasteiger partial charge in [0.1, 0.15) is 5.75 Å². The average Bonchev–Trinajstić information content (AvgIpc) is 2.67. The number of rotatable bonds is 8. The molecule has 0 fully saturated rings. The lowest BCUT2D eigenvalue weighted by molar-refractivity contribution is -0.125. The van der Waals surface area contributed by atoms with Gasteiger partial charge in [0.25, 0.3) is 0 Å². The van der Waals surface area contributed by atoms with Gasteiger partial charge in [-0.1, -0.05) is 49.4 Å². The van der Waals surface area contributed by atoms with Gasteiger partial charge in [0.15, 0.2) is 0 Å². The van der Waals surface area contributed by atoms with Crippen molar-refractivity contribution in [2.75, 3.05) is 27.7 Å². The number of nitrogens with one attached hydrogen (secondary N) is 1. The molecule has 2 aromatic rings. The summed E-state index contributed by atoms with van der Waals surface area (Å²) in [4.78, 5) is 14.7. The van der Waals surface area contributed by atoms with Gasteiger partial charge >= 0.3 is 0 Å². The van der Waals surface area contributed by atoms with Crippen molar-refractivity contribution in [3.05, 3.63) is 65.7 Å². The third-order valence-corrected chi connectivity index (χ3v) is 4.71. The molecule has 3 atom stereocenters. The summed E-state index contributed by atoms with van der Waals surface area (Å²) in [6.45, 7) is 2.37. The number of amides is 1. The van der Waals surface area contributed by atoms with E-state index in [9.17, 15) is 4.79 Å². The second-order valence-corrected chi connectivity index (χ2v) is 6.73. The van der Waals surface area contributed by atoms with Crippen LogP contribution in [0.3, 0.4) is 0 Å². The van der Waals surface area contributed by atoms with Crippen molar-refractivity contribution >= 4 is 30.7 Å². The predicted molar refractivity (Wildman–Crippen MR) is 119 cm³/mol. The van der Waals surface area contributed by atoms with E-state index >= 15 is 0 Å². The highest BCUT2D eigenvalue weighted by Crippen LogP contribution is 2.23. The van der Waals surface area contributed by atoms with Crippen molar-refractivity contribution in [3.8, 4) is 5.75 Å². The molecule has 3 unspecified atom stereocenters. The van der Waals surface area contributed by atoms with Crippen LogP contribution in [0, 0.1) is 5.92 Å². The average molecular weight is 428 g/mol. The molecule has 0 bridgehead atoms. The fourth-order valence-electron chi connectivity index (χ4n) is 2.93. The highest BCUT2D eigenvalue weighted by atomic mass is 35.5. The lowest BCUT2D eigenvalue weighted by Crippen LogP contribution is -2.40. The maximum Gasteiger partial charge on any atom is 0.224 e. The van der Waals surface area contributed by atoms with E-state index in [-0.39, 0.29) is 48.7 Å². The SMILES string of the molecule is COc1cccc(C(CNC(=O)C(C)C(N)c2ccccc2)N(C)C)c1.Cl.Cl. The van der Waals surface area contributed by atoms with Crippen molar-refractivity contribution in [1.29, 1.82) is 0 Å². The van der Waals surface area contributed by atoms with Gasteiger partial charge in [-0.2, -0.15) is 0 Å². The number of methoxy groups -OCH3 is 1. The van der Waals surface area contributed by atoms with Gasteiger partial charge in [0.05, 0.1) is 19.1 Å². The van der Waals surface area contributed by atoms with Crippen LogP contribution in [0.25, 0.3) is 0 Å². The Labute approximate surface area is 180 Å². The van der Waals surface area contributed by atoms with Crippen LogP contribution in [0.1, 0.15) is 30.1 Å². The zero-order valence-corrected chi connectivity index (χ0v) is 18.4. The molecule has 7 heteroatoms. The molecule has 0 heterocycles. The predicted octanol–water partition coefficient (Wildman–Crippen LogP) is 3.59. The smallest absolute Gasteiger partial charge is 0.224 e. The van der Waals surface area contributed by atoms with Crippen LogP contribution in [0.5, 0.6) is 5.75 Å². The molecule has 2 rings (SSSR count). The summed E-state index contributed by atoms with van der Waals surface area (Å²) in [5.41, 5.74) is 8.32. The molecule has 0 aliphatic carbocycles. The lowest BCUT2D eigenvalue weighted by atomic mass is 9.94. The molecule has 28 heavy (non-hydrogen) atoms. The number of ether oxygens (including phenoxy) is 1. The molecule has 5 nitrogen and oxygen atoms in total. The normalized spacial score (nSPS) is 13.5. The van der Waals surface area contributed by atoms with E-state index in [0.717, 1.165) is 16.9 Å². The van der Waals surface area contributed by atoms with Gasteiger partial charge in [-0.25, -0.2) is 0 Å². The lowest BCUT2D eigenvalue weighted by Gasteiger charge is -2.27. The van der Waals surface area contributed by atoms with Gasteiger partial charge < -0.3 is 20.7 Å². The van der Waals surface area contributed by atoms with Crippen molar-refractivity contribution in [3.63, 3.8) is 0 Å². The standard InChI is InChI=1S/C21H29N3O2.2ClH/c1-15(20(22)16-9-6-5-7-10-16)21(25)23-14-19(24(2)3)17-11-8-12-18(13-17)26-4;;/h5-13,15,19-20H,14,22H2,1-4H3,(H,23,25);2*1H. The Bertz CT molecular complexity index is 714. The van der Waals surface area contributed by atoms with E-state index in [4.69, 9.17) is 10.5 Å². The topological polar surface area (TPSA) is 67.6 Å². The number of benzene rings is 2. The number of hydrogen-bond donors (Lipinski definition) is 2. The largest absolute Gasteiger partial charge is 0.497 e. The molecule has 0 aromatic heterocycles. The second-order valence-electron chi connectivity index (χ2n) is 6.73. The van der Waals surface area contributed by atoms with Crippen LogP contribution in [0.15, 0.2) is 54.6 Å². The highest BCUT2D eigenvalue weighted by molar-refractivity contribution is 5.85. The Morgan fingerprint density at radius 3 is 2.25 bits per heavy atom. The maximum absolute atomic E-state index is 12.6. The molecule has 156 valence electrons. The fourth-order valence-corrected chi connectivity index (χ4v) is 2.93. The second kappa shape index (κ2) is 12.6. The molecule has 0 saturated carbocycles. The van der Waals surface area contributed by atoms with E-state index in [0.29, 0.717) is 6.54 Å². The third kappa shape index (κ3) is 6.99. The molecule has 2 aromatic carbocycles. The van der Waals surface area contributed by atoms with Crippen LogP contribution < -0.4 is 15.8 Å². The molecule has 0 saturated heterocycles. The molecule has 0 aliphatic rings. The molecule has 0 spiro atoms. The summed E-state index contributed by atoms with van der Waals surface area (Å²) in [7, 11) is 5.64. The Balaban J connectivity index is 0.00000364. The van der Waals surface area contributed by atoms with Gasteiger partial charge in [-0.15, -0.1) is 24.8 Å². The Kier molecular flexibility index (Phi) is 11.8. The van der Waals surface area contributed by atoms with Crippen LogP contribution in [0.2, 0.25) is 0 Å². The Hall–Kier alpha value is -1.79. The van der Waals surface area contributed by atoms with Crippen molar-refractivity contribution in [2.45, 2.75) is 19.0 Å². The number of carbonyl (C=O) groups excluding carboxylic acids is 1. The molecular formula is C21H31Cl2N3O2. The van der Waals surface area contributed by atoms with Crippen LogP contribution in [-0.2, 0) is 4.79 Å². The van der Waals surface area contributed by atoms with Crippen molar-refractivity contribution in [1.82, 2.24) is 10.2 Å². The summed E-state index contributed by atoms with van der Waals surface area (Å²) < 4.78 is 5.31. The summed E-state index contributed by atoms with van der Waals surface area (Å²) >= 11 is 0. The van der Waals surface area contributed by atoms with E-state index < -0.39 is 0 Å². The number of hydrogen-bond acceptors (Lipinski definition) is 4. The molecule has 3 N–H and O–H groups in total. The van der Waals surface area contributed by atoms with E-state index in [1.54, 1.807) is 7.11 Å². The minimum Gasteiger partial charge on any atom is -0.497 e. The zero-order valence-electron chi connectivity index (χ0n) is 16.8. The minimum absolute atomic E-state index is 0. The molecule has 1 amide bonds. The Morgan fingerprint density at radius 1 is 1.07 bits per heavy atom. The number of halogens is 2. The Morgan fingerprint density at radius 2 is 1.68 bits per heavy atom. The third-order valence-electron chi connectivity index (χ3n) is 4.71. The van der Waals surface area contributed by atoms with Gasteiger partial charge in [-0.3, -0.25) is 4.79 Å². The number of likely N-dealkylation sites (N-methyl/N-ethyl adjacent to an activating group) is 1. The summed E-state index contributed by atoms with van der Waals surface area (Å²) in [5.74, 6) is 0.446.